The van der Waals surface area contributed by atoms with Crippen LogP contribution >= 0.6 is 11.8 Å². The lowest BCUT2D eigenvalue weighted by Gasteiger charge is -2.34. The van der Waals surface area contributed by atoms with E-state index < -0.39 is 0 Å². The molecule has 1 unspecified atom stereocenters. The van der Waals surface area contributed by atoms with Crippen molar-refractivity contribution in [3.8, 4) is 5.75 Å². The van der Waals surface area contributed by atoms with Crippen molar-refractivity contribution in [1.29, 1.82) is 0 Å². The SMILES string of the molecule is Cc1cc(=O)n2c3c1ccc(=O)n3C(CN1CCC(NCc3cc4c(cn3)OCCS4)CC1)C2. The Kier molecular flexibility index (Phi) is 5.71. The average Bonchev–Trinajstić information content (AvgIpc) is 3.23. The second-order valence-electron chi connectivity index (χ2n) is 9.48. The highest BCUT2D eigenvalue weighted by Crippen LogP contribution is 2.32. The second kappa shape index (κ2) is 8.87. The summed E-state index contributed by atoms with van der Waals surface area (Å²) in [6.07, 6.45) is 3.96. The zero-order valence-corrected chi connectivity index (χ0v) is 20.1. The summed E-state index contributed by atoms with van der Waals surface area (Å²) in [5.74, 6) is 1.89. The van der Waals surface area contributed by atoms with Crippen molar-refractivity contribution in [2.24, 2.45) is 0 Å². The summed E-state index contributed by atoms with van der Waals surface area (Å²) in [4.78, 5) is 33.5. The summed E-state index contributed by atoms with van der Waals surface area (Å²) in [5.41, 5.74) is 2.72. The van der Waals surface area contributed by atoms with Crippen molar-refractivity contribution in [3.63, 3.8) is 0 Å². The number of rotatable bonds is 5. The number of fused-ring (bicyclic) bond motifs is 1. The van der Waals surface area contributed by atoms with E-state index in [9.17, 15) is 9.59 Å². The first-order chi connectivity index (χ1) is 16.6. The number of piperidine rings is 1. The molecule has 0 spiro atoms. The lowest BCUT2D eigenvalue weighted by Crippen LogP contribution is -2.44. The molecule has 3 aromatic rings. The fraction of sp³-hybridized carbons (Fsp3) is 0.480. The molecule has 0 aromatic carbocycles. The lowest BCUT2D eigenvalue weighted by molar-refractivity contribution is 0.171. The number of pyridine rings is 3. The zero-order valence-electron chi connectivity index (χ0n) is 19.3. The first-order valence-corrected chi connectivity index (χ1v) is 13.0. The van der Waals surface area contributed by atoms with Crippen LogP contribution in [0.1, 0.15) is 30.1 Å². The van der Waals surface area contributed by atoms with Gasteiger partial charge in [-0.1, -0.05) is 0 Å². The number of aromatic nitrogens is 3. The van der Waals surface area contributed by atoms with E-state index in [-0.39, 0.29) is 17.2 Å². The summed E-state index contributed by atoms with van der Waals surface area (Å²) in [7, 11) is 0. The Balaban J connectivity index is 1.08. The fourth-order valence-electron chi connectivity index (χ4n) is 5.49. The van der Waals surface area contributed by atoms with E-state index in [1.165, 1.54) is 4.90 Å². The Bertz CT molecular complexity index is 1360. The fourth-order valence-corrected chi connectivity index (χ4v) is 6.35. The van der Waals surface area contributed by atoms with E-state index in [2.05, 4.69) is 21.3 Å². The predicted molar refractivity (Wildman–Crippen MR) is 133 cm³/mol. The smallest absolute Gasteiger partial charge is 0.252 e. The molecule has 6 heterocycles. The molecule has 34 heavy (non-hydrogen) atoms. The molecule has 1 fully saturated rings. The zero-order chi connectivity index (χ0) is 23.2. The Hall–Kier alpha value is -2.62. The molecule has 0 aliphatic carbocycles. The molecule has 1 N–H and O–H groups in total. The third-order valence-corrected chi connectivity index (χ3v) is 8.26. The van der Waals surface area contributed by atoms with Crippen LogP contribution in [0.3, 0.4) is 0 Å². The van der Waals surface area contributed by atoms with Crippen LogP contribution in [0.25, 0.3) is 11.0 Å². The van der Waals surface area contributed by atoms with E-state index in [1.54, 1.807) is 16.7 Å². The average molecular weight is 480 g/mol. The first-order valence-electron chi connectivity index (χ1n) is 12.0. The van der Waals surface area contributed by atoms with Gasteiger partial charge >= 0.3 is 0 Å². The van der Waals surface area contributed by atoms with Crippen LogP contribution in [-0.2, 0) is 13.1 Å². The van der Waals surface area contributed by atoms with Crippen LogP contribution in [0.15, 0.2) is 44.9 Å². The van der Waals surface area contributed by atoms with Crippen LogP contribution in [-0.4, -0.2) is 57.1 Å². The lowest BCUT2D eigenvalue weighted by atomic mass is 10.0. The van der Waals surface area contributed by atoms with Crippen molar-refractivity contribution in [2.75, 3.05) is 32.0 Å². The van der Waals surface area contributed by atoms with Crippen molar-refractivity contribution in [2.45, 2.75) is 49.8 Å². The molecule has 0 saturated carbocycles. The van der Waals surface area contributed by atoms with Crippen LogP contribution in [0, 0.1) is 6.92 Å². The van der Waals surface area contributed by atoms with E-state index in [4.69, 9.17) is 4.74 Å². The minimum absolute atomic E-state index is 0.00498. The highest BCUT2D eigenvalue weighted by Gasteiger charge is 2.29. The summed E-state index contributed by atoms with van der Waals surface area (Å²) >= 11 is 1.83. The monoisotopic (exact) mass is 479 g/mol. The Labute approximate surface area is 201 Å². The molecule has 1 atom stereocenters. The number of ether oxygens (including phenoxy) is 1. The first kappa shape index (κ1) is 21.9. The number of aryl methyl sites for hydroxylation is 1. The molecule has 178 valence electrons. The van der Waals surface area contributed by atoms with E-state index in [0.717, 1.165) is 79.4 Å². The van der Waals surface area contributed by atoms with Crippen LogP contribution in [0.4, 0.5) is 0 Å². The molecule has 3 aliphatic rings. The summed E-state index contributed by atoms with van der Waals surface area (Å²) in [6.45, 7) is 6.76. The molecule has 1 saturated heterocycles. The van der Waals surface area contributed by atoms with Crippen molar-refractivity contribution >= 4 is 22.8 Å². The Morgan fingerprint density at radius 3 is 2.88 bits per heavy atom. The Morgan fingerprint density at radius 2 is 2.03 bits per heavy atom. The minimum atomic E-state index is -0.0218. The van der Waals surface area contributed by atoms with Gasteiger partial charge in [0.2, 0.25) is 0 Å². The number of thioether (sulfide) groups is 1. The van der Waals surface area contributed by atoms with Gasteiger partial charge < -0.3 is 15.0 Å². The normalized spacial score (nSPS) is 20.4. The second-order valence-corrected chi connectivity index (χ2v) is 10.6. The molecule has 9 heteroatoms. The largest absolute Gasteiger partial charge is 0.490 e. The standard InChI is InChI=1S/C25H29N5O3S/c1-16-10-24(32)29-15-19(30-23(31)3-2-20(16)25(29)30)14-28-6-4-17(5-7-28)26-12-18-11-22-21(13-27-18)33-8-9-34-22/h2-3,10-11,13,17,19,26H,4-9,12,14-15H2,1H3. The van der Waals surface area contributed by atoms with Gasteiger partial charge in [-0.05, 0) is 50.6 Å². The minimum Gasteiger partial charge on any atom is -0.490 e. The topological polar surface area (TPSA) is 81.4 Å². The highest BCUT2D eigenvalue weighted by atomic mass is 32.2. The molecular weight excluding hydrogens is 450 g/mol. The van der Waals surface area contributed by atoms with Crippen LogP contribution in [0.2, 0.25) is 0 Å². The predicted octanol–water partition coefficient (Wildman–Crippen LogP) is 2.16. The summed E-state index contributed by atoms with van der Waals surface area (Å²) < 4.78 is 9.27. The van der Waals surface area contributed by atoms with Crippen molar-refractivity contribution in [1.82, 2.24) is 24.3 Å². The quantitative estimate of drug-likeness (QED) is 0.601. The van der Waals surface area contributed by atoms with Gasteiger partial charge in [0.25, 0.3) is 11.1 Å². The molecule has 3 aliphatic heterocycles. The third-order valence-electron chi connectivity index (χ3n) is 7.26. The Morgan fingerprint density at radius 1 is 1.18 bits per heavy atom. The van der Waals surface area contributed by atoms with Crippen molar-refractivity contribution in [3.05, 3.63) is 62.4 Å². The van der Waals surface area contributed by atoms with Crippen molar-refractivity contribution < 1.29 is 4.74 Å². The highest BCUT2D eigenvalue weighted by molar-refractivity contribution is 7.99. The van der Waals surface area contributed by atoms with Gasteiger partial charge in [-0.3, -0.25) is 23.7 Å². The van der Waals surface area contributed by atoms with Crippen LogP contribution in [0.5, 0.6) is 5.75 Å². The van der Waals surface area contributed by atoms with E-state index in [1.807, 2.05) is 35.5 Å². The molecule has 0 amide bonds. The van der Waals surface area contributed by atoms with Crippen LogP contribution < -0.4 is 21.2 Å². The molecular formula is C25H29N5O3S. The molecule has 6 rings (SSSR count). The third kappa shape index (κ3) is 3.95. The van der Waals surface area contributed by atoms with Gasteiger partial charge in [0.05, 0.1) is 29.4 Å². The van der Waals surface area contributed by atoms with Gasteiger partial charge in [-0.25, -0.2) is 0 Å². The summed E-state index contributed by atoms with van der Waals surface area (Å²) in [5, 5.41) is 4.66. The number of hydrogen-bond acceptors (Lipinski definition) is 7. The summed E-state index contributed by atoms with van der Waals surface area (Å²) in [6, 6.07) is 7.76. The maximum Gasteiger partial charge on any atom is 0.252 e. The number of hydrogen-bond donors (Lipinski definition) is 1. The number of likely N-dealkylation sites (tertiary alicyclic amines) is 1. The van der Waals surface area contributed by atoms with Gasteiger partial charge in [-0.15, -0.1) is 11.8 Å². The van der Waals surface area contributed by atoms with Gasteiger partial charge in [0, 0.05) is 48.9 Å². The van der Waals surface area contributed by atoms with Gasteiger partial charge in [0.15, 0.2) is 5.75 Å². The van der Waals surface area contributed by atoms with E-state index >= 15 is 0 Å². The molecule has 0 radical (unpaired) electrons. The maximum atomic E-state index is 12.7. The van der Waals surface area contributed by atoms with Gasteiger partial charge in [0.1, 0.15) is 5.65 Å². The van der Waals surface area contributed by atoms with E-state index in [0.29, 0.717) is 12.6 Å². The number of nitrogens with zero attached hydrogens (tertiary/aromatic N) is 4. The number of nitrogens with one attached hydrogen (secondary N) is 1. The van der Waals surface area contributed by atoms with Gasteiger partial charge in [-0.2, -0.15) is 0 Å². The molecule has 0 bridgehead atoms. The molecule has 3 aromatic heterocycles. The molecule has 8 nitrogen and oxygen atoms in total. The maximum absolute atomic E-state index is 12.7.